The molecule has 0 amide bonds. The van der Waals surface area contributed by atoms with E-state index in [-0.39, 0.29) is 11.5 Å². The normalized spacial score (nSPS) is 13.7. The van der Waals surface area contributed by atoms with Crippen molar-refractivity contribution in [1.29, 1.82) is 0 Å². The Kier molecular flexibility index (Phi) is 5.21. The first-order chi connectivity index (χ1) is 8.34. The van der Waals surface area contributed by atoms with Gasteiger partial charge in [0.1, 0.15) is 5.75 Å². The second-order valence-electron chi connectivity index (χ2n) is 6.09. The molecule has 0 bridgehead atoms. The van der Waals surface area contributed by atoms with Crippen LogP contribution in [0.5, 0.6) is 5.75 Å². The van der Waals surface area contributed by atoms with Crippen molar-refractivity contribution in [2.45, 2.75) is 53.7 Å². The molecule has 1 aromatic rings. The van der Waals surface area contributed by atoms with Crippen LogP contribution >= 0.6 is 0 Å². The van der Waals surface area contributed by atoms with Crippen molar-refractivity contribution in [2.75, 3.05) is 6.54 Å². The third-order valence-electron chi connectivity index (χ3n) is 2.86. The summed E-state index contributed by atoms with van der Waals surface area (Å²) in [6, 6.07) is 8.82. The molecule has 2 nitrogen and oxygen atoms in total. The number of hydrogen-bond donors (Lipinski definition) is 1. The topological polar surface area (TPSA) is 21.3 Å². The summed E-state index contributed by atoms with van der Waals surface area (Å²) in [4.78, 5) is 0. The molecular weight excluding hydrogens is 222 g/mol. The standard InChI is InChI=1S/C16H27NO/c1-7-17-15(16(4,5)6)13-8-10-14(11-9-13)18-12(2)3/h8-12,15,17H,7H2,1-6H3. The van der Waals surface area contributed by atoms with Crippen molar-refractivity contribution in [2.24, 2.45) is 5.41 Å². The highest BCUT2D eigenvalue weighted by molar-refractivity contribution is 5.30. The van der Waals surface area contributed by atoms with Crippen LogP contribution in [0.15, 0.2) is 24.3 Å². The highest BCUT2D eigenvalue weighted by Gasteiger charge is 2.25. The van der Waals surface area contributed by atoms with Gasteiger partial charge in [-0.05, 0) is 43.5 Å². The van der Waals surface area contributed by atoms with Crippen LogP contribution in [-0.4, -0.2) is 12.6 Å². The van der Waals surface area contributed by atoms with Gasteiger partial charge in [-0.2, -0.15) is 0 Å². The average Bonchev–Trinajstić information content (AvgIpc) is 2.25. The third-order valence-corrected chi connectivity index (χ3v) is 2.86. The zero-order chi connectivity index (χ0) is 13.8. The van der Waals surface area contributed by atoms with E-state index in [4.69, 9.17) is 4.74 Å². The summed E-state index contributed by atoms with van der Waals surface area (Å²) >= 11 is 0. The number of ether oxygens (including phenoxy) is 1. The minimum absolute atomic E-state index is 0.205. The second kappa shape index (κ2) is 6.24. The van der Waals surface area contributed by atoms with Crippen molar-refractivity contribution < 1.29 is 4.74 Å². The molecule has 0 aromatic heterocycles. The molecular formula is C16H27NO. The Labute approximate surface area is 112 Å². The van der Waals surface area contributed by atoms with Crippen LogP contribution in [0.3, 0.4) is 0 Å². The summed E-state index contributed by atoms with van der Waals surface area (Å²) in [5.74, 6) is 0.943. The second-order valence-corrected chi connectivity index (χ2v) is 6.09. The van der Waals surface area contributed by atoms with Gasteiger partial charge in [0.25, 0.3) is 0 Å². The molecule has 0 heterocycles. The summed E-state index contributed by atoms with van der Waals surface area (Å²) in [5.41, 5.74) is 1.52. The van der Waals surface area contributed by atoms with Crippen LogP contribution in [0, 0.1) is 5.41 Å². The summed E-state index contributed by atoms with van der Waals surface area (Å²) in [6.45, 7) is 14.0. The van der Waals surface area contributed by atoms with Crippen molar-refractivity contribution in [3.8, 4) is 5.75 Å². The molecule has 1 atom stereocenters. The quantitative estimate of drug-likeness (QED) is 0.845. The highest BCUT2D eigenvalue weighted by atomic mass is 16.5. The van der Waals surface area contributed by atoms with E-state index in [0.717, 1.165) is 12.3 Å². The van der Waals surface area contributed by atoms with Gasteiger partial charge in [-0.3, -0.25) is 0 Å². The predicted molar refractivity (Wildman–Crippen MR) is 78.1 cm³/mol. The molecule has 102 valence electrons. The lowest BCUT2D eigenvalue weighted by Crippen LogP contribution is -2.32. The molecule has 1 N–H and O–H groups in total. The Morgan fingerprint density at radius 3 is 2.06 bits per heavy atom. The maximum absolute atomic E-state index is 5.67. The van der Waals surface area contributed by atoms with Crippen molar-refractivity contribution >= 4 is 0 Å². The average molecular weight is 249 g/mol. The van der Waals surface area contributed by atoms with Crippen molar-refractivity contribution in [3.05, 3.63) is 29.8 Å². The number of nitrogens with one attached hydrogen (secondary N) is 1. The summed E-state index contributed by atoms with van der Waals surface area (Å²) in [6.07, 6.45) is 0.225. The smallest absolute Gasteiger partial charge is 0.119 e. The molecule has 1 unspecified atom stereocenters. The van der Waals surface area contributed by atoms with Crippen LogP contribution in [0.25, 0.3) is 0 Å². The molecule has 0 aliphatic heterocycles. The first kappa shape index (κ1) is 15.0. The van der Waals surface area contributed by atoms with Gasteiger partial charge < -0.3 is 10.1 Å². The minimum Gasteiger partial charge on any atom is -0.491 e. The van der Waals surface area contributed by atoms with E-state index in [2.05, 4.69) is 57.3 Å². The van der Waals surface area contributed by atoms with Gasteiger partial charge in [-0.15, -0.1) is 0 Å². The Morgan fingerprint density at radius 2 is 1.67 bits per heavy atom. The molecule has 0 aliphatic rings. The zero-order valence-electron chi connectivity index (χ0n) is 12.6. The fraction of sp³-hybridized carbons (Fsp3) is 0.625. The maximum atomic E-state index is 5.67. The van der Waals surface area contributed by atoms with Gasteiger partial charge in [-0.1, -0.05) is 39.8 Å². The first-order valence-electron chi connectivity index (χ1n) is 6.84. The number of benzene rings is 1. The predicted octanol–water partition coefficient (Wildman–Crippen LogP) is 4.17. The monoisotopic (exact) mass is 249 g/mol. The first-order valence-corrected chi connectivity index (χ1v) is 6.84. The molecule has 2 heteroatoms. The van der Waals surface area contributed by atoms with E-state index in [9.17, 15) is 0 Å². The van der Waals surface area contributed by atoms with E-state index in [1.807, 2.05) is 13.8 Å². The van der Waals surface area contributed by atoms with Crippen molar-refractivity contribution in [1.82, 2.24) is 5.32 Å². The van der Waals surface area contributed by atoms with Crippen LogP contribution in [0.2, 0.25) is 0 Å². The molecule has 0 radical (unpaired) electrons. The van der Waals surface area contributed by atoms with E-state index in [0.29, 0.717) is 6.04 Å². The Bertz CT molecular complexity index is 348. The number of hydrogen-bond acceptors (Lipinski definition) is 2. The van der Waals surface area contributed by atoms with E-state index >= 15 is 0 Å². The highest BCUT2D eigenvalue weighted by Crippen LogP contribution is 2.33. The number of rotatable bonds is 5. The van der Waals surface area contributed by atoms with Crippen LogP contribution < -0.4 is 10.1 Å². The lowest BCUT2D eigenvalue weighted by atomic mass is 9.82. The van der Waals surface area contributed by atoms with E-state index in [1.54, 1.807) is 0 Å². The minimum atomic E-state index is 0.205. The molecule has 1 aromatic carbocycles. The van der Waals surface area contributed by atoms with E-state index in [1.165, 1.54) is 5.56 Å². The van der Waals surface area contributed by atoms with Gasteiger partial charge >= 0.3 is 0 Å². The molecule has 0 saturated carbocycles. The Morgan fingerprint density at radius 1 is 1.11 bits per heavy atom. The fourth-order valence-corrected chi connectivity index (χ4v) is 2.14. The van der Waals surface area contributed by atoms with Crippen LogP contribution in [0.4, 0.5) is 0 Å². The van der Waals surface area contributed by atoms with Gasteiger partial charge in [0.15, 0.2) is 0 Å². The Balaban J connectivity index is 2.87. The molecule has 0 fully saturated rings. The molecule has 0 aliphatic carbocycles. The molecule has 0 saturated heterocycles. The molecule has 18 heavy (non-hydrogen) atoms. The largest absolute Gasteiger partial charge is 0.491 e. The zero-order valence-corrected chi connectivity index (χ0v) is 12.6. The van der Waals surface area contributed by atoms with E-state index < -0.39 is 0 Å². The lowest BCUT2D eigenvalue weighted by Gasteiger charge is -2.32. The van der Waals surface area contributed by atoms with Gasteiger partial charge in [-0.25, -0.2) is 0 Å². The third kappa shape index (κ3) is 4.34. The summed E-state index contributed by atoms with van der Waals surface area (Å²) in [7, 11) is 0. The lowest BCUT2D eigenvalue weighted by molar-refractivity contribution is 0.241. The summed E-state index contributed by atoms with van der Waals surface area (Å²) in [5, 5.41) is 3.56. The van der Waals surface area contributed by atoms with Crippen molar-refractivity contribution in [3.63, 3.8) is 0 Å². The fourth-order valence-electron chi connectivity index (χ4n) is 2.14. The van der Waals surface area contributed by atoms with Crippen LogP contribution in [0.1, 0.15) is 53.1 Å². The summed E-state index contributed by atoms with van der Waals surface area (Å²) < 4.78 is 5.67. The van der Waals surface area contributed by atoms with Gasteiger partial charge in [0, 0.05) is 6.04 Å². The van der Waals surface area contributed by atoms with Gasteiger partial charge in [0.2, 0.25) is 0 Å². The molecule has 0 spiro atoms. The van der Waals surface area contributed by atoms with Crippen LogP contribution in [-0.2, 0) is 0 Å². The Hall–Kier alpha value is -1.02. The SMILES string of the molecule is CCNC(c1ccc(OC(C)C)cc1)C(C)(C)C. The van der Waals surface area contributed by atoms with Gasteiger partial charge in [0.05, 0.1) is 6.10 Å². The molecule has 1 rings (SSSR count). The maximum Gasteiger partial charge on any atom is 0.119 e.